The van der Waals surface area contributed by atoms with Crippen LogP contribution < -0.4 is 15.4 Å². The predicted octanol–water partition coefficient (Wildman–Crippen LogP) is 4.65. The number of aromatic nitrogens is 2. The van der Waals surface area contributed by atoms with Crippen LogP contribution in [0.5, 0.6) is 5.75 Å². The average Bonchev–Trinajstić information content (AvgIpc) is 3.46. The number of nitrogens with one attached hydrogen (secondary N) is 3. The number of thiophene rings is 1. The summed E-state index contributed by atoms with van der Waals surface area (Å²) in [4.78, 5) is 26.1. The molecule has 0 bridgehead atoms. The molecular formula is C22H18N4O3S. The summed E-state index contributed by atoms with van der Waals surface area (Å²) >= 11 is 1.56. The monoisotopic (exact) mass is 418 g/mol. The summed E-state index contributed by atoms with van der Waals surface area (Å²) in [6.07, 6.45) is 0. The summed E-state index contributed by atoms with van der Waals surface area (Å²) in [5, 5.41) is 14.5. The largest absolute Gasteiger partial charge is 0.495 e. The van der Waals surface area contributed by atoms with E-state index in [1.165, 1.54) is 7.11 Å². The van der Waals surface area contributed by atoms with E-state index in [-0.39, 0.29) is 17.5 Å². The summed E-state index contributed by atoms with van der Waals surface area (Å²) in [6, 6.07) is 19.5. The first kappa shape index (κ1) is 19.4. The summed E-state index contributed by atoms with van der Waals surface area (Å²) in [5.41, 5.74) is 2.52. The van der Waals surface area contributed by atoms with Crippen LogP contribution in [0.25, 0.3) is 10.6 Å². The Labute approximate surface area is 176 Å². The number of aromatic amines is 1. The van der Waals surface area contributed by atoms with Crippen LogP contribution in [0.15, 0.2) is 72.1 Å². The van der Waals surface area contributed by atoms with Gasteiger partial charge < -0.3 is 15.4 Å². The number of H-pyrrole nitrogens is 1. The molecule has 0 spiro atoms. The van der Waals surface area contributed by atoms with E-state index in [4.69, 9.17) is 4.74 Å². The molecule has 0 atom stereocenters. The Kier molecular flexibility index (Phi) is 5.58. The highest BCUT2D eigenvalue weighted by Gasteiger charge is 2.15. The maximum Gasteiger partial charge on any atom is 0.276 e. The number of nitrogens with zero attached hydrogens (tertiary/aromatic N) is 1. The molecule has 2 heterocycles. The highest BCUT2D eigenvalue weighted by Crippen LogP contribution is 2.29. The Morgan fingerprint density at radius 3 is 2.53 bits per heavy atom. The standard InChI is InChI=1S/C22H18N4O3S/c1-29-19-10-9-15(12-16(19)24-21(27)14-6-3-2-4-7-14)23-22(28)18-13-17(25-26-18)20-8-5-11-30-20/h2-13H,1H3,(H,23,28)(H,24,27)(H,25,26). The van der Waals surface area contributed by atoms with E-state index in [9.17, 15) is 9.59 Å². The van der Waals surface area contributed by atoms with E-state index in [0.29, 0.717) is 22.7 Å². The van der Waals surface area contributed by atoms with Gasteiger partial charge in [-0.25, -0.2) is 0 Å². The quantitative estimate of drug-likeness (QED) is 0.425. The SMILES string of the molecule is COc1ccc(NC(=O)c2cc(-c3cccs3)[nH]n2)cc1NC(=O)c1ccccc1. The lowest BCUT2D eigenvalue weighted by Gasteiger charge is -2.12. The average molecular weight is 418 g/mol. The van der Waals surface area contributed by atoms with Gasteiger partial charge in [-0.05, 0) is 47.8 Å². The van der Waals surface area contributed by atoms with Crippen molar-refractivity contribution in [2.45, 2.75) is 0 Å². The van der Waals surface area contributed by atoms with Crippen molar-refractivity contribution in [1.29, 1.82) is 0 Å². The van der Waals surface area contributed by atoms with E-state index in [1.54, 1.807) is 59.9 Å². The van der Waals surface area contributed by atoms with E-state index >= 15 is 0 Å². The van der Waals surface area contributed by atoms with Gasteiger partial charge >= 0.3 is 0 Å². The number of benzene rings is 2. The second kappa shape index (κ2) is 8.62. The summed E-state index contributed by atoms with van der Waals surface area (Å²) in [5.74, 6) is -0.151. The van der Waals surface area contributed by atoms with Crippen LogP contribution >= 0.6 is 11.3 Å². The number of carbonyl (C=O) groups is 2. The number of rotatable bonds is 6. The molecule has 2 amide bonds. The lowest BCUT2D eigenvalue weighted by molar-refractivity contribution is 0.101. The lowest BCUT2D eigenvalue weighted by Crippen LogP contribution is -2.15. The molecule has 150 valence electrons. The highest BCUT2D eigenvalue weighted by atomic mass is 32.1. The van der Waals surface area contributed by atoms with Crippen LogP contribution in [-0.2, 0) is 0 Å². The van der Waals surface area contributed by atoms with Crippen molar-refractivity contribution in [2.24, 2.45) is 0 Å². The molecule has 0 radical (unpaired) electrons. The van der Waals surface area contributed by atoms with Crippen molar-refractivity contribution < 1.29 is 14.3 Å². The summed E-state index contributed by atoms with van der Waals surface area (Å²) in [6.45, 7) is 0. The minimum absolute atomic E-state index is 0.268. The number of methoxy groups -OCH3 is 1. The van der Waals surface area contributed by atoms with Crippen molar-refractivity contribution in [3.8, 4) is 16.3 Å². The molecule has 30 heavy (non-hydrogen) atoms. The molecule has 0 aliphatic carbocycles. The Balaban J connectivity index is 1.51. The number of carbonyl (C=O) groups excluding carboxylic acids is 2. The topological polar surface area (TPSA) is 96.1 Å². The molecule has 4 aromatic rings. The molecule has 0 fully saturated rings. The molecular weight excluding hydrogens is 400 g/mol. The van der Waals surface area contributed by atoms with Gasteiger partial charge in [-0.1, -0.05) is 24.3 Å². The van der Waals surface area contributed by atoms with Crippen LogP contribution in [-0.4, -0.2) is 29.1 Å². The van der Waals surface area contributed by atoms with Crippen molar-refractivity contribution in [3.05, 3.63) is 83.4 Å². The minimum Gasteiger partial charge on any atom is -0.495 e. The fourth-order valence-electron chi connectivity index (χ4n) is 2.86. The second-order valence-corrected chi connectivity index (χ2v) is 7.28. The number of ether oxygens (including phenoxy) is 1. The normalized spacial score (nSPS) is 10.4. The zero-order chi connectivity index (χ0) is 20.9. The van der Waals surface area contributed by atoms with Crippen LogP contribution in [0.1, 0.15) is 20.8 Å². The van der Waals surface area contributed by atoms with Gasteiger partial charge in [0, 0.05) is 11.3 Å². The Morgan fingerprint density at radius 1 is 0.967 bits per heavy atom. The first-order valence-corrected chi connectivity index (χ1v) is 9.97. The van der Waals surface area contributed by atoms with Gasteiger partial charge in [0.05, 0.1) is 23.4 Å². The maximum absolute atomic E-state index is 12.6. The third-order valence-corrected chi connectivity index (χ3v) is 5.24. The molecule has 7 nitrogen and oxygen atoms in total. The zero-order valence-electron chi connectivity index (χ0n) is 16.0. The summed E-state index contributed by atoms with van der Waals surface area (Å²) in [7, 11) is 1.52. The van der Waals surface area contributed by atoms with Gasteiger partial charge in [0.2, 0.25) is 0 Å². The fourth-order valence-corrected chi connectivity index (χ4v) is 3.55. The van der Waals surface area contributed by atoms with Gasteiger partial charge in [-0.3, -0.25) is 14.7 Å². The number of hydrogen-bond donors (Lipinski definition) is 3. The van der Waals surface area contributed by atoms with Gasteiger partial charge in [-0.15, -0.1) is 11.3 Å². The molecule has 0 saturated heterocycles. The molecule has 0 aliphatic heterocycles. The second-order valence-electron chi connectivity index (χ2n) is 6.33. The minimum atomic E-state index is -0.362. The Morgan fingerprint density at radius 2 is 1.80 bits per heavy atom. The number of amides is 2. The Hall–Kier alpha value is -3.91. The first-order chi connectivity index (χ1) is 14.6. The van der Waals surface area contributed by atoms with E-state index in [0.717, 1.165) is 10.6 Å². The van der Waals surface area contributed by atoms with Crippen LogP contribution in [0, 0.1) is 0 Å². The molecule has 8 heteroatoms. The molecule has 3 N–H and O–H groups in total. The predicted molar refractivity (Wildman–Crippen MR) is 117 cm³/mol. The van der Waals surface area contributed by atoms with Crippen molar-refractivity contribution in [1.82, 2.24) is 10.2 Å². The van der Waals surface area contributed by atoms with Crippen LogP contribution in [0.4, 0.5) is 11.4 Å². The highest BCUT2D eigenvalue weighted by molar-refractivity contribution is 7.13. The zero-order valence-corrected chi connectivity index (χ0v) is 16.8. The van der Waals surface area contributed by atoms with E-state index in [1.807, 2.05) is 23.6 Å². The van der Waals surface area contributed by atoms with Gasteiger partial charge in [0.15, 0.2) is 5.69 Å². The van der Waals surface area contributed by atoms with Crippen LogP contribution in [0.2, 0.25) is 0 Å². The third-order valence-electron chi connectivity index (χ3n) is 4.34. The van der Waals surface area contributed by atoms with Gasteiger partial charge in [0.1, 0.15) is 5.75 Å². The third kappa shape index (κ3) is 4.23. The number of hydrogen-bond acceptors (Lipinski definition) is 5. The molecule has 0 unspecified atom stereocenters. The van der Waals surface area contributed by atoms with E-state index < -0.39 is 0 Å². The van der Waals surface area contributed by atoms with Crippen molar-refractivity contribution in [2.75, 3.05) is 17.7 Å². The number of anilines is 2. The van der Waals surface area contributed by atoms with Gasteiger partial charge in [-0.2, -0.15) is 5.10 Å². The smallest absolute Gasteiger partial charge is 0.276 e. The first-order valence-electron chi connectivity index (χ1n) is 9.09. The molecule has 0 saturated carbocycles. The van der Waals surface area contributed by atoms with Crippen molar-refractivity contribution >= 4 is 34.5 Å². The summed E-state index contributed by atoms with van der Waals surface area (Å²) < 4.78 is 5.33. The van der Waals surface area contributed by atoms with Gasteiger partial charge in [0.25, 0.3) is 11.8 Å². The Bertz CT molecular complexity index is 1170. The lowest BCUT2D eigenvalue weighted by atomic mass is 10.2. The fraction of sp³-hybridized carbons (Fsp3) is 0.0455. The molecule has 2 aromatic heterocycles. The van der Waals surface area contributed by atoms with Crippen molar-refractivity contribution in [3.63, 3.8) is 0 Å². The maximum atomic E-state index is 12.6. The molecule has 0 aliphatic rings. The van der Waals surface area contributed by atoms with Crippen LogP contribution in [0.3, 0.4) is 0 Å². The van der Waals surface area contributed by atoms with E-state index in [2.05, 4.69) is 20.8 Å². The molecule has 4 rings (SSSR count). The molecule has 2 aromatic carbocycles.